The summed E-state index contributed by atoms with van der Waals surface area (Å²) in [7, 11) is 1.79. The van der Waals surface area contributed by atoms with E-state index < -0.39 is 11.6 Å². The van der Waals surface area contributed by atoms with E-state index in [-0.39, 0.29) is 35.8 Å². The number of carbonyl (C=O) groups excluding carboxylic acids is 3. The van der Waals surface area contributed by atoms with Gasteiger partial charge in [-0.2, -0.15) is 4.98 Å². The molecule has 7 aliphatic rings. The van der Waals surface area contributed by atoms with Gasteiger partial charge in [-0.25, -0.2) is 9.78 Å². The Morgan fingerprint density at radius 2 is 1.60 bits per heavy atom. The number of ether oxygens (including phenoxy) is 1. The summed E-state index contributed by atoms with van der Waals surface area (Å²) >= 11 is 0. The molecule has 68 heavy (non-hydrogen) atoms. The highest BCUT2D eigenvalue weighted by Gasteiger charge is 2.55. The van der Waals surface area contributed by atoms with Gasteiger partial charge in [-0.1, -0.05) is 57.0 Å². The number of hydrogen-bond donors (Lipinski definition) is 3. The van der Waals surface area contributed by atoms with Gasteiger partial charge in [0.05, 0.1) is 17.7 Å². The summed E-state index contributed by atoms with van der Waals surface area (Å²) in [5.41, 5.74) is 5.16. The Morgan fingerprint density at radius 1 is 0.897 bits per heavy atom. The summed E-state index contributed by atoms with van der Waals surface area (Å²) in [5, 5.41) is 16.3. The van der Waals surface area contributed by atoms with Crippen molar-refractivity contribution in [2.75, 3.05) is 89.3 Å². The summed E-state index contributed by atoms with van der Waals surface area (Å²) in [6, 6.07) is 8.90. The predicted molar refractivity (Wildman–Crippen MR) is 265 cm³/mol. The number of carbonyl (C=O) groups is 3. The van der Waals surface area contributed by atoms with Gasteiger partial charge in [-0.05, 0) is 100 Å². The topological polar surface area (TPSA) is 150 Å². The number of benzene rings is 1. The first-order valence-electron chi connectivity index (χ1n) is 26.1. The average molecular weight is 935 g/mol. The molecule has 9 rings (SSSR count). The van der Waals surface area contributed by atoms with Crippen LogP contribution in [0, 0.1) is 5.92 Å². The van der Waals surface area contributed by atoms with E-state index in [4.69, 9.17) is 14.7 Å². The van der Waals surface area contributed by atoms with Crippen LogP contribution in [-0.2, 0) is 26.3 Å². The summed E-state index contributed by atoms with van der Waals surface area (Å²) in [5.74, 6) is 1.73. The molecular weight excluding hydrogens is 857 g/mol. The zero-order valence-corrected chi connectivity index (χ0v) is 41.6. The smallest absolute Gasteiger partial charge is 0.325 e. The van der Waals surface area contributed by atoms with Gasteiger partial charge in [0, 0.05) is 121 Å². The lowest BCUT2D eigenvalue weighted by atomic mass is 9.78. The molecule has 3 atom stereocenters. The molecule has 5 fully saturated rings. The van der Waals surface area contributed by atoms with E-state index in [9.17, 15) is 19.5 Å². The number of fused-ring (bicyclic) bond motifs is 2. The van der Waals surface area contributed by atoms with E-state index >= 15 is 0 Å². The molecule has 0 spiro atoms. The lowest BCUT2D eigenvalue weighted by molar-refractivity contribution is -0.137. The van der Waals surface area contributed by atoms with Crippen molar-refractivity contribution in [3.05, 3.63) is 70.6 Å². The Kier molecular flexibility index (Phi) is 14.9. The average Bonchev–Trinajstić information content (AvgIpc) is 3.75. The maximum atomic E-state index is 13.4. The molecule has 0 bridgehead atoms. The van der Waals surface area contributed by atoms with Crippen LogP contribution in [0.3, 0.4) is 0 Å². The third-order valence-electron chi connectivity index (χ3n) is 16.9. The molecule has 5 aliphatic heterocycles. The number of anilines is 2. The number of piperidine rings is 2. The first-order valence-corrected chi connectivity index (χ1v) is 26.1. The van der Waals surface area contributed by atoms with Crippen LogP contribution in [-0.4, -0.2) is 166 Å². The normalized spacial score (nSPS) is 28.8. The monoisotopic (exact) mass is 935 g/mol. The van der Waals surface area contributed by atoms with Crippen LogP contribution in [0.25, 0.3) is 0 Å². The Morgan fingerprint density at radius 3 is 2.31 bits per heavy atom. The van der Waals surface area contributed by atoms with Crippen LogP contribution in [0.5, 0.6) is 0 Å². The Hall–Kier alpha value is -4.41. The fraction of sp³-hybridized carbons (Fsp3) is 0.679. The molecule has 6 heterocycles. The lowest BCUT2D eigenvalue weighted by Gasteiger charge is -2.41. The lowest BCUT2D eigenvalue weighted by Crippen LogP contribution is -2.59. The number of aliphatic hydroxyl groups excluding tert-OH is 1. The number of rotatable bonds is 17. The van der Waals surface area contributed by atoms with Crippen LogP contribution >= 0.6 is 0 Å². The van der Waals surface area contributed by atoms with Gasteiger partial charge in [0.15, 0.2) is 0 Å². The second-order valence-electron chi connectivity index (χ2n) is 21.4. The molecule has 1 aromatic carbocycles. The number of likely N-dealkylation sites (tertiary alicyclic amines) is 1. The van der Waals surface area contributed by atoms with E-state index in [1.54, 1.807) is 16.8 Å². The maximum absolute atomic E-state index is 13.4. The van der Waals surface area contributed by atoms with Crippen molar-refractivity contribution < 1.29 is 24.2 Å². The third-order valence-corrected chi connectivity index (χ3v) is 16.9. The van der Waals surface area contributed by atoms with E-state index in [2.05, 4.69) is 93.6 Å². The third kappa shape index (κ3) is 10.2. The highest BCUT2D eigenvalue weighted by atomic mass is 16.5. The first kappa shape index (κ1) is 48.6. The number of aliphatic hydroxyl groups is 1. The van der Waals surface area contributed by atoms with Crippen molar-refractivity contribution in [1.29, 1.82) is 0 Å². The number of aromatic nitrogens is 2. The van der Waals surface area contributed by atoms with E-state index in [1.807, 2.05) is 6.92 Å². The van der Waals surface area contributed by atoms with E-state index in [0.717, 1.165) is 154 Å². The van der Waals surface area contributed by atoms with E-state index in [0.29, 0.717) is 30.9 Å². The van der Waals surface area contributed by atoms with Crippen LogP contribution < -0.4 is 15.5 Å². The van der Waals surface area contributed by atoms with Gasteiger partial charge < -0.3 is 29.9 Å². The molecule has 0 radical (unpaired) electrons. The molecule has 1 saturated carbocycles. The molecule has 15 heteroatoms. The summed E-state index contributed by atoms with van der Waals surface area (Å²) in [4.78, 5) is 61.6. The second-order valence-corrected chi connectivity index (χ2v) is 21.4. The van der Waals surface area contributed by atoms with Crippen molar-refractivity contribution in [2.45, 2.75) is 147 Å². The molecular formula is C53H78N10O5. The minimum atomic E-state index is -0.639. The van der Waals surface area contributed by atoms with Crippen molar-refractivity contribution >= 4 is 29.6 Å². The van der Waals surface area contributed by atoms with Crippen LogP contribution in [0.2, 0.25) is 0 Å². The first-order chi connectivity index (χ1) is 32.8. The number of piperazine rings is 1. The molecule has 4 amide bonds. The molecule has 370 valence electrons. The van der Waals surface area contributed by atoms with Crippen molar-refractivity contribution in [3.8, 4) is 0 Å². The van der Waals surface area contributed by atoms with Gasteiger partial charge in [0.2, 0.25) is 17.8 Å². The maximum Gasteiger partial charge on any atom is 0.325 e. The predicted octanol–water partition coefficient (Wildman–Crippen LogP) is 5.89. The molecule has 15 nitrogen and oxygen atoms in total. The number of nitrogens with zero attached hydrogens (tertiary/aromatic N) is 8. The largest absolute Gasteiger partial charge is 0.393 e. The van der Waals surface area contributed by atoms with Crippen molar-refractivity contribution in [1.82, 2.24) is 39.8 Å². The zero-order chi connectivity index (χ0) is 47.6. The summed E-state index contributed by atoms with van der Waals surface area (Å²) in [6.07, 6.45) is 16.8. The highest BCUT2D eigenvalue weighted by molar-refractivity contribution is 6.02. The molecule has 2 aromatic rings. The van der Waals surface area contributed by atoms with Gasteiger partial charge in [0.1, 0.15) is 11.9 Å². The number of imide groups is 1. The Balaban J connectivity index is 0.693. The second kappa shape index (κ2) is 20.9. The number of hydrogen-bond acceptors (Lipinski definition) is 12. The van der Waals surface area contributed by atoms with Crippen LogP contribution in [0.15, 0.2) is 53.9 Å². The van der Waals surface area contributed by atoms with Crippen LogP contribution in [0.4, 0.5) is 16.6 Å². The summed E-state index contributed by atoms with van der Waals surface area (Å²) in [6.45, 7) is 20.6. The number of amides is 4. The standard InChI is InChI=1S/C53H78N10O5/c1-6-37(7-2)32-54-50-55-33-44-48(57-50)62(41-13-15-42(64)16-14-41)36-52(44,3)40-11-9-38(10-12-40)34-61-28-26-59(27-29-61)23-8-30-68-43-20-24-60(25-21-43)35-39-19-22-53(4)46(31-39)58(5)51(67)63(53)45-17-18-47(65)56-49(45)66/h9-12,19,31,33,37,41-43,45,64H,6-8,13-18,20-30,32,34-36H2,1-5H3,(H,54,55,57)(H,56,65,66). The van der Waals surface area contributed by atoms with Gasteiger partial charge >= 0.3 is 6.03 Å². The molecule has 1 aromatic heterocycles. The van der Waals surface area contributed by atoms with Crippen molar-refractivity contribution in [3.63, 3.8) is 0 Å². The van der Waals surface area contributed by atoms with Crippen LogP contribution in [0.1, 0.15) is 121 Å². The molecule has 2 aliphatic carbocycles. The van der Waals surface area contributed by atoms with Gasteiger partial charge in [-0.15, -0.1) is 0 Å². The van der Waals surface area contributed by atoms with Gasteiger partial charge in [0.25, 0.3) is 0 Å². The molecule has 3 unspecified atom stereocenters. The number of nitrogens with one attached hydrogen (secondary N) is 2. The minimum absolute atomic E-state index is 0.182. The SMILES string of the molecule is CCC(CC)CNc1ncc2c(n1)N(C1CCC(O)CC1)CC2(C)c1ccc(CN2CCN(CCCOC3CCN(CC4=CCC5(C)C(=C4)N(C)C(=O)N5C4CCC(=O)NC4=O)CC3)CC2)cc1. The fourth-order valence-electron chi connectivity index (χ4n) is 12.2. The van der Waals surface area contributed by atoms with Crippen molar-refractivity contribution in [2.24, 2.45) is 5.92 Å². The quantitative estimate of drug-likeness (QED) is 0.128. The Labute approximate surface area is 404 Å². The summed E-state index contributed by atoms with van der Waals surface area (Å²) < 4.78 is 6.42. The van der Waals surface area contributed by atoms with E-state index in [1.165, 1.54) is 22.3 Å². The highest BCUT2D eigenvalue weighted by Crippen LogP contribution is 2.47. The Bertz CT molecular complexity index is 2170. The fourth-order valence-corrected chi connectivity index (χ4v) is 12.2. The number of urea groups is 1. The number of likely N-dealkylation sites (N-methyl/N-ethyl adjacent to an activating group) is 1. The van der Waals surface area contributed by atoms with Gasteiger partial charge in [-0.3, -0.25) is 29.6 Å². The molecule has 4 saturated heterocycles. The zero-order valence-electron chi connectivity index (χ0n) is 41.6. The molecule has 3 N–H and O–H groups in total. The minimum Gasteiger partial charge on any atom is -0.393 e.